The van der Waals surface area contributed by atoms with Gasteiger partial charge in [-0.15, -0.1) is 0 Å². The van der Waals surface area contributed by atoms with Gasteiger partial charge in [-0.3, -0.25) is 9.59 Å². The predicted molar refractivity (Wildman–Crippen MR) is 99.5 cm³/mol. The number of nitrogens with one attached hydrogen (secondary N) is 2. The third-order valence-electron chi connectivity index (χ3n) is 3.99. The molecule has 0 saturated heterocycles. The molecular weight excluding hydrogens is 346 g/mol. The molecule has 0 aliphatic heterocycles. The molecule has 2 heterocycles. The van der Waals surface area contributed by atoms with E-state index in [-0.39, 0.29) is 18.0 Å². The van der Waals surface area contributed by atoms with Crippen LogP contribution < -0.4 is 10.9 Å². The average molecular weight is 367 g/mol. The van der Waals surface area contributed by atoms with E-state index in [2.05, 4.69) is 25.4 Å². The van der Waals surface area contributed by atoms with Crippen LogP contribution in [0.25, 0.3) is 11.4 Å². The molecule has 140 valence electrons. The summed E-state index contributed by atoms with van der Waals surface area (Å²) in [5.74, 6) is 1.17. The predicted octanol–water partition coefficient (Wildman–Crippen LogP) is 2.22. The van der Waals surface area contributed by atoms with Gasteiger partial charge in [0.25, 0.3) is 11.5 Å². The first kappa shape index (κ1) is 18.5. The van der Waals surface area contributed by atoms with Crippen molar-refractivity contribution in [2.45, 2.75) is 33.1 Å². The quantitative estimate of drug-likeness (QED) is 0.690. The molecule has 0 atom stereocenters. The van der Waals surface area contributed by atoms with Crippen LogP contribution in [-0.4, -0.2) is 32.6 Å². The first-order valence-corrected chi connectivity index (χ1v) is 8.71. The van der Waals surface area contributed by atoms with E-state index in [1.54, 1.807) is 0 Å². The molecule has 27 heavy (non-hydrogen) atoms. The summed E-state index contributed by atoms with van der Waals surface area (Å²) in [6.07, 6.45) is 1.67. The largest absolute Gasteiger partial charge is 0.351 e. The van der Waals surface area contributed by atoms with E-state index in [0.717, 1.165) is 11.1 Å². The monoisotopic (exact) mass is 367 g/mol. The summed E-state index contributed by atoms with van der Waals surface area (Å²) in [6, 6.07) is 7.59. The van der Waals surface area contributed by atoms with E-state index in [9.17, 15) is 9.59 Å². The topological polar surface area (TPSA) is 114 Å². The van der Waals surface area contributed by atoms with E-state index in [1.807, 2.05) is 45.0 Å². The highest BCUT2D eigenvalue weighted by Crippen LogP contribution is 2.14. The molecule has 3 aromatic rings. The van der Waals surface area contributed by atoms with Crippen LogP contribution >= 0.6 is 0 Å². The zero-order chi connectivity index (χ0) is 19.4. The molecule has 0 aliphatic rings. The lowest BCUT2D eigenvalue weighted by Gasteiger charge is -2.05. The number of hydrogen-bond donors (Lipinski definition) is 2. The lowest BCUT2D eigenvalue weighted by molar-refractivity contribution is 0.0951. The Hall–Kier alpha value is -3.29. The molecule has 3 rings (SSSR count). The van der Waals surface area contributed by atoms with Crippen molar-refractivity contribution in [2.75, 3.05) is 6.54 Å². The van der Waals surface area contributed by atoms with E-state index >= 15 is 0 Å². The third kappa shape index (κ3) is 4.46. The Morgan fingerprint density at radius 3 is 2.63 bits per heavy atom. The minimum absolute atomic E-state index is 0.0424. The molecule has 0 radical (unpaired) electrons. The number of aromatic amines is 1. The number of H-pyrrole nitrogens is 1. The highest BCUT2D eigenvalue weighted by Gasteiger charge is 2.14. The normalized spacial score (nSPS) is 11.0. The van der Waals surface area contributed by atoms with Gasteiger partial charge in [-0.05, 0) is 6.92 Å². The summed E-state index contributed by atoms with van der Waals surface area (Å²) < 4.78 is 5.12. The minimum atomic E-state index is -0.497. The van der Waals surface area contributed by atoms with Crippen molar-refractivity contribution in [1.82, 2.24) is 25.4 Å². The van der Waals surface area contributed by atoms with Crippen molar-refractivity contribution in [1.29, 1.82) is 0 Å². The zero-order valence-electron chi connectivity index (χ0n) is 15.4. The summed E-state index contributed by atoms with van der Waals surface area (Å²) in [7, 11) is 0. The van der Waals surface area contributed by atoms with Crippen LogP contribution in [0.3, 0.4) is 0 Å². The number of amides is 1. The van der Waals surface area contributed by atoms with Crippen LogP contribution in [0.2, 0.25) is 0 Å². The van der Waals surface area contributed by atoms with Crippen molar-refractivity contribution in [3.8, 4) is 11.4 Å². The summed E-state index contributed by atoms with van der Waals surface area (Å²) in [4.78, 5) is 35.5. The van der Waals surface area contributed by atoms with Crippen molar-refractivity contribution in [3.05, 3.63) is 63.7 Å². The summed E-state index contributed by atoms with van der Waals surface area (Å²) >= 11 is 0. The molecule has 2 aromatic heterocycles. The zero-order valence-corrected chi connectivity index (χ0v) is 15.4. The SMILES string of the molecule is Cc1ccc(-c2ncc(C(=O)NCCc3nc(C(C)C)no3)c(=O)[nH]2)cc1. The molecule has 0 aliphatic carbocycles. The fraction of sp³-hybridized carbons (Fsp3) is 0.316. The molecule has 0 fully saturated rings. The second-order valence-electron chi connectivity index (χ2n) is 6.55. The fourth-order valence-corrected chi connectivity index (χ4v) is 2.40. The number of benzene rings is 1. The van der Waals surface area contributed by atoms with Gasteiger partial charge in [0.05, 0.1) is 0 Å². The number of nitrogens with zero attached hydrogens (tertiary/aromatic N) is 3. The third-order valence-corrected chi connectivity index (χ3v) is 3.99. The first-order valence-electron chi connectivity index (χ1n) is 8.71. The number of rotatable bonds is 6. The maximum absolute atomic E-state index is 12.2. The maximum atomic E-state index is 12.2. The number of aryl methyl sites for hydroxylation is 1. The van der Waals surface area contributed by atoms with Gasteiger partial charge in [0.2, 0.25) is 5.89 Å². The standard InChI is InChI=1S/C19H21N5O3/c1-11(2)16-22-15(27-24-16)8-9-20-18(25)14-10-21-17(23-19(14)26)13-6-4-12(3)5-7-13/h4-7,10-11H,8-9H2,1-3H3,(H,20,25)(H,21,23,26). The lowest BCUT2D eigenvalue weighted by Crippen LogP contribution is -2.31. The Labute approximate surface area is 156 Å². The van der Waals surface area contributed by atoms with Gasteiger partial charge in [-0.25, -0.2) is 4.98 Å². The first-order chi connectivity index (χ1) is 12.9. The van der Waals surface area contributed by atoms with E-state index in [0.29, 0.717) is 24.0 Å². The van der Waals surface area contributed by atoms with E-state index in [4.69, 9.17) is 4.52 Å². The van der Waals surface area contributed by atoms with Crippen LogP contribution in [0.4, 0.5) is 0 Å². The Morgan fingerprint density at radius 1 is 1.26 bits per heavy atom. The number of hydrogen-bond acceptors (Lipinski definition) is 6. The average Bonchev–Trinajstić information content (AvgIpc) is 3.11. The van der Waals surface area contributed by atoms with Crippen LogP contribution in [0, 0.1) is 6.92 Å². The van der Waals surface area contributed by atoms with Gasteiger partial charge < -0.3 is 14.8 Å². The van der Waals surface area contributed by atoms with Gasteiger partial charge in [-0.1, -0.05) is 48.8 Å². The Balaban J connectivity index is 1.62. The molecule has 0 spiro atoms. The molecule has 0 saturated carbocycles. The van der Waals surface area contributed by atoms with Crippen LogP contribution in [0.5, 0.6) is 0 Å². The second kappa shape index (κ2) is 7.94. The summed E-state index contributed by atoms with van der Waals surface area (Å²) in [5, 5.41) is 6.53. The van der Waals surface area contributed by atoms with Crippen molar-refractivity contribution in [3.63, 3.8) is 0 Å². The maximum Gasteiger partial charge on any atom is 0.264 e. The van der Waals surface area contributed by atoms with Crippen molar-refractivity contribution < 1.29 is 9.32 Å². The molecular formula is C19H21N5O3. The molecule has 0 unspecified atom stereocenters. The molecule has 2 N–H and O–H groups in total. The summed E-state index contributed by atoms with van der Waals surface area (Å²) in [6.45, 7) is 6.19. The molecule has 8 heteroatoms. The summed E-state index contributed by atoms with van der Waals surface area (Å²) in [5.41, 5.74) is 1.36. The minimum Gasteiger partial charge on any atom is -0.351 e. The van der Waals surface area contributed by atoms with Crippen molar-refractivity contribution in [2.24, 2.45) is 0 Å². The van der Waals surface area contributed by atoms with Gasteiger partial charge in [0.1, 0.15) is 11.4 Å². The highest BCUT2D eigenvalue weighted by molar-refractivity contribution is 5.93. The van der Waals surface area contributed by atoms with Crippen LogP contribution in [0.1, 0.15) is 47.4 Å². The van der Waals surface area contributed by atoms with Gasteiger partial charge in [0, 0.05) is 30.6 Å². The molecule has 8 nitrogen and oxygen atoms in total. The molecule has 1 aromatic carbocycles. The fourth-order valence-electron chi connectivity index (χ4n) is 2.40. The number of carbonyl (C=O) groups is 1. The van der Waals surface area contributed by atoms with Gasteiger partial charge >= 0.3 is 0 Å². The van der Waals surface area contributed by atoms with Crippen molar-refractivity contribution >= 4 is 5.91 Å². The second-order valence-corrected chi connectivity index (χ2v) is 6.55. The number of carbonyl (C=O) groups excluding carboxylic acids is 1. The van der Waals surface area contributed by atoms with Gasteiger partial charge in [0.15, 0.2) is 5.82 Å². The lowest BCUT2D eigenvalue weighted by atomic mass is 10.1. The highest BCUT2D eigenvalue weighted by atomic mass is 16.5. The van der Waals surface area contributed by atoms with E-state index < -0.39 is 11.5 Å². The molecule has 1 amide bonds. The van der Waals surface area contributed by atoms with E-state index in [1.165, 1.54) is 6.20 Å². The Morgan fingerprint density at radius 2 is 2.00 bits per heavy atom. The molecule has 0 bridgehead atoms. The van der Waals surface area contributed by atoms with Crippen LogP contribution in [0.15, 0.2) is 39.8 Å². The Kier molecular flexibility index (Phi) is 5.44. The van der Waals surface area contributed by atoms with Gasteiger partial charge in [-0.2, -0.15) is 4.98 Å². The number of aromatic nitrogens is 4. The smallest absolute Gasteiger partial charge is 0.264 e. The van der Waals surface area contributed by atoms with Crippen LogP contribution in [-0.2, 0) is 6.42 Å². The Bertz CT molecular complexity index is 989.